The van der Waals surface area contributed by atoms with Crippen LogP contribution >= 0.6 is 0 Å². The fourth-order valence-electron chi connectivity index (χ4n) is 5.35. The zero-order valence-electron chi connectivity index (χ0n) is 15.7. The highest BCUT2D eigenvalue weighted by Crippen LogP contribution is 2.58. The van der Waals surface area contributed by atoms with Crippen molar-refractivity contribution in [1.29, 1.82) is 0 Å². The van der Waals surface area contributed by atoms with Gasteiger partial charge in [0.25, 0.3) is 5.60 Å². The highest BCUT2D eigenvalue weighted by atomic mass is 19.4. The second-order valence-electron chi connectivity index (χ2n) is 8.55. The third kappa shape index (κ3) is 3.76. The van der Waals surface area contributed by atoms with E-state index < -0.39 is 30.0 Å². The Balaban J connectivity index is 2.19. The highest BCUT2D eigenvalue weighted by Gasteiger charge is 2.72. The molecule has 0 aromatic carbocycles. The molecule has 2 fully saturated rings. The molecule has 0 aromatic heterocycles. The van der Waals surface area contributed by atoms with Crippen LogP contribution in [0.2, 0.25) is 0 Å². The molecular formula is C19H28F6O2. The normalized spacial score (nSPS) is 35.3. The van der Waals surface area contributed by atoms with Gasteiger partial charge in [-0.2, -0.15) is 26.3 Å². The molecule has 27 heavy (non-hydrogen) atoms. The molecule has 2 aliphatic carbocycles. The Morgan fingerprint density at radius 2 is 1.52 bits per heavy atom. The van der Waals surface area contributed by atoms with Gasteiger partial charge in [0.15, 0.2) is 0 Å². The Morgan fingerprint density at radius 3 is 2.04 bits per heavy atom. The van der Waals surface area contributed by atoms with Gasteiger partial charge in [0.1, 0.15) is 0 Å². The summed E-state index contributed by atoms with van der Waals surface area (Å²) in [4.78, 5) is 0. The summed E-state index contributed by atoms with van der Waals surface area (Å²) in [5, 5.41) is 19.7. The van der Waals surface area contributed by atoms with Crippen LogP contribution in [0.25, 0.3) is 0 Å². The summed E-state index contributed by atoms with van der Waals surface area (Å²) in [6.45, 7) is 4.57. The SMILES string of the molecule is C[C@H](/C=C/[C@@H](C)C(O)(C(F)(F)F)C(F)(F)F)[C@H]1CC[C@H]2[C@@H](O)CCC[C@]12C. The smallest absolute Gasteiger partial charge is 0.393 e. The third-order valence-electron chi connectivity index (χ3n) is 7.02. The maximum Gasteiger partial charge on any atom is 0.426 e. The van der Waals surface area contributed by atoms with Crippen LogP contribution in [0.3, 0.4) is 0 Å². The lowest BCUT2D eigenvalue weighted by Gasteiger charge is -2.45. The van der Waals surface area contributed by atoms with Crippen molar-refractivity contribution in [1.82, 2.24) is 0 Å². The molecule has 158 valence electrons. The van der Waals surface area contributed by atoms with Crippen LogP contribution in [0.5, 0.6) is 0 Å². The monoisotopic (exact) mass is 402 g/mol. The number of rotatable bonds is 4. The lowest BCUT2D eigenvalue weighted by Crippen LogP contribution is -2.60. The van der Waals surface area contributed by atoms with E-state index in [1.165, 1.54) is 6.08 Å². The van der Waals surface area contributed by atoms with Crippen LogP contribution < -0.4 is 0 Å². The summed E-state index contributed by atoms with van der Waals surface area (Å²) in [6.07, 6.45) is -5.77. The number of alkyl halides is 6. The first kappa shape index (κ1) is 22.5. The van der Waals surface area contributed by atoms with E-state index in [4.69, 9.17) is 0 Å². The van der Waals surface area contributed by atoms with E-state index in [0.717, 1.165) is 45.1 Å². The molecule has 0 amide bonds. The number of aliphatic hydroxyl groups excluding tert-OH is 1. The Kier molecular flexibility index (Phi) is 6.05. The average Bonchev–Trinajstić information content (AvgIpc) is 2.87. The van der Waals surface area contributed by atoms with Crippen LogP contribution in [-0.4, -0.2) is 34.3 Å². The van der Waals surface area contributed by atoms with E-state index in [1.54, 1.807) is 6.92 Å². The molecular weight excluding hydrogens is 374 g/mol. The van der Waals surface area contributed by atoms with E-state index in [9.17, 15) is 36.6 Å². The number of hydrogen-bond acceptors (Lipinski definition) is 2. The zero-order chi connectivity index (χ0) is 20.8. The standard InChI is InChI=1S/C19H28F6O2/c1-11(13-8-9-14-15(26)5-4-10-16(13,14)3)6-7-12(2)17(27,18(20,21)22)19(23,24)25/h6-7,11-15,26-27H,4-5,8-10H2,1-3H3/b7-6+/t11-,12-,13-,14+,15+,16-/m1/s1. The first-order valence-electron chi connectivity index (χ1n) is 9.38. The molecule has 0 unspecified atom stereocenters. The lowest BCUT2D eigenvalue weighted by atomic mass is 9.62. The Labute approximate surface area is 155 Å². The molecule has 0 aromatic rings. The molecule has 8 heteroatoms. The van der Waals surface area contributed by atoms with Crippen molar-refractivity contribution in [3.8, 4) is 0 Å². The van der Waals surface area contributed by atoms with E-state index in [2.05, 4.69) is 6.92 Å². The maximum atomic E-state index is 13.0. The molecule has 2 N–H and O–H groups in total. The van der Waals surface area contributed by atoms with Gasteiger partial charge >= 0.3 is 12.4 Å². The Morgan fingerprint density at radius 1 is 0.963 bits per heavy atom. The average molecular weight is 402 g/mol. The van der Waals surface area contributed by atoms with Crippen LogP contribution in [0.4, 0.5) is 26.3 Å². The van der Waals surface area contributed by atoms with Crippen molar-refractivity contribution in [3.63, 3.8) is 0 Å². The first-order valence-corrected chi connectivity index (χ1v) is 9.38. The number of hydrogen-bond donors (Lipinski definition) is 2. The summed E-state index contributed by atoms with van der Waals surface area (Å²) in [5.74, 6) is -2.22. The number of halogens is 6. The maximum absolute atomic E-state index is 13.0. The van der Waals surface area contributed by atoms with Gasteiger partial charge in [-0.15, -0.1) is 0 Å². The van der Waals surface area contributed by atoms with Crippen molar-refractivity contribution in [2.75, 3.05) is 0 Å². The van der Waals surface area contributed by atoms with Crippen LogP contribution in [0, 0.1) is 29.1 Å². The summed E-state index contributed by atoms with van der Waals surface area (Å²) >= 11 is 0. The third-order valence-corrected chi connectivity index (χ3v) is 7.02. The van der Waals surface area contributed by atoms with E-state index >= 15 is 0 Å². The van der Waals surface area contributed by atoms with Crippen LogP contribution in [-0.2, 0) is 0 Å². The highest BCUT2D eigenvalue weighted by molar-refractivity contribution is 5.09. The molecule has 0 heterocycles. The van der Waals surface area contributed by atoms with Gasteiger partial charge in [-0.3, -0.25) is 0 Å². The Hall–Kier alpha value is -0.760. The van der Waals surface area contributed by atoms with Crippen molar-refractivity contribution in [2.45, 2.75) is 76.9 Å². The van der Waals surface area contributed by atoms with Gasteiger partial charge in [-0.05, 0) is 48.9 Å². The topological polar surface area (TPSA) is 40.5 Å². The molecule has 2 rings (SSSR count). The quantitative estimate of drug-likeness (QED) is 0.498. The molecule has 0 spiro atoms. The largest absolute Gasteiger partial charge is 0.426 e. The predicted molar refractivity (Wildman–Crippen MR) is 88.7 cm³/mol. The predicted octanol–water partition coefficient (Wildman–Crippen LogP) is 5.25. The van der Waals surface area contributed by atoms with Crippen molar-refractivity contribution in [2.24, 2.45) is 29.1 Å². The van der Waals surface area contributed by atoms with Crippen molar-refractivity contribution >= 4 is 0 Å². The number of fused-ring (bicyclic) bond motifs is 1. The molecule has 2 nitrogen and oxygen atoms in total. The van der Waals surface area contributed by atoms with Crippen LogP contribution in [0.1, 0.15) is 52.9 Å². The second kappa shape index (κ2) is 7.25. The zero-order valence-corrected chi connectivity index (χ0v) is 15.7. The van der Waals surface area contributed by atoms with Crippen molar-refractivity contribution < 1.29 is 36.6 Å². The van der Waals surface area contributed by atoms with Gasteiger partial charge in [-0.1, -0.05) is 39.3 Å². The molecule has 2 saturated carbocycles. The summed E-state index contributed by atoms with van der Waals surface area (Å²) in [6, 6.07) is 0. The minimum atomic E-state index is -5.82. The van der Waals surface area contributed by atoms with Gasteiger partial charge in [-0.25, -0.2) is 0 Å². The molecule has 0 saturated heterocycles. The summed E-state index contributed by atoms with van der Waals surface area (Å²) < 4.78 is 77.8. The van der Waals surface area contributed by atoms with Gasteiger partial charge in [0, 0.05) is 5.92 Å². The second-order valence-corrected chi connectivity index (χ2v) is 8.55. The number of aliphatic hydroxyl groups is 2. The minimum Gasteiger partial charge on any atom is -0.393 e. The van der Waals surface area contributed by atoms with E-state index in [-0.39, 0.29) is 23.2 Å². The fraction of sp³-hybridized carbons (Fsp3) is 0.895. The number of allylic oxidation sites excluding steroid dienone is 1. The summed E-state index contributed by atoms with van der Waals surface area (Å²) in [5.41, 5.74) is -4.95. The lowest BCUT2D eigenvalue weighted by molar-refractivity contribution is -0.378. The molecule has 2 aliphatic rings. The van der Waals surface area contributed by atoms with Crippen LogP contribution in [0.15, 0.2) is 12.2 Å². The molecule has 6 atom stereocenters. The first-order chi connectivity index (χ1) is 12.2. The van der Waals surface area contributed by atoms with Gasteiger partial charge < -0.3 is 10.2 Å². The van der Waals surface area contributed by atoms with E-state index in [1.807, 2.05) is 0 Å². The van der Waals surface area contributed by atoms with Gasteiger partial charge in [0.05, 0.1) is 6.10 Å². The molecule has 0 aliphatic heterocycles. The minimum absolute atomic E-state index is 0.0748. The Bertz CT molecular complexity index is 541. The summed E-state index contributed by atoms with van der Waals surface area (Å²) in [7, 11) is 0. The van der Waals surface area contributed by atoms with Crippen molar-refractivity contribution in [3.05, 3.63) is 12.2 Å². The van der Waals surface area contributed by atoms with E-state index in [0.29, 0.717) is 0 Å². The molecule has 0 radical (unpaired) electrons. The van der Waals surface area contributed by atoms with Gasteiger partial charge in [0.2, 0.25) is 0 Å². The fourth-order valence-corrected chi connectivity index (χ4v) is 5.35. The molecule has 0 bridgehead atoms.